The molecular weight excluding hydrogens is 536 g/mol. The van der Waals surface area contributed by atoms with Crippen molar-refractivity contribution in [1.82, 2.24) is 35.6 Å². The minimum absolute atomic E-state index is 0.0673. The molecule has 5 N–H and O–H groups in total. The fraction of sp³-hybridized carbons (Fsp3) is 0.240. The minimum atomic E-state index is -0.742. The Balaban J connectivity index is 1.40. The SMILES string of the molecule is NC(=O)CN(Cc1cc2nc(-c3cccc4[nH]ncc34)nc(N3CCOCC3)c2s1)c1ncc(C(=O)NO)cn1. The second-order valence-corrected chi connectivity index (χ2v) is 10.2. The standard InChI is InChI=1S/C25H24N10O4S/c26-20(36)13-35(25-27-9-14(10-28-25)24(37)33-38)12-15-8-19-21(40-15)23(34-4-6-39-7-5-34)31-22(30-19)16-2-1-3-18-17(16)11-29-32-18/h1-3,8-11,38H,4-7,12-13H2,(H2,26,36)(H,29,32)(H,33,37). The number of benzene rings is 1. The normalized spacial score (nSPS) is 13.6. The first-order valence-electron chi connectivity index (χ1n) is 12.4. The van der Waals surface area contributed by atoms with Crippen molar-refractivity contribution in [3.05, 3.63) is 53.3 Å². The molecule has 0 radical (unpaired) electrons. The Hall–Kier alpha value is -4.73. The Morgan fingerprint density at radius 2 is 1.98 bits per heavy atom. The summed E-state index contributed by atoms with van der Waals surface area (Å²) in [5, 5.41) is 16.9. The molecule has 1 aliphatic rings. The zero-order valence-electron chi connectivity index (χ0n) is 21.1. The van der Waals surface area contributed by atoms with Gasteiger partial charge in [0.1, 0.15) is 0 Å². The van der Waals surface area contributed by atoms with Crippen LogP contribution in [0.4, 0.5) is 11.8 Å². The summed E-state index contributed by atoms with van der Waals surface area (Å²) in [5.41, 5.74) is 9.65. The number of ether oxygens (including phenoxy) is 1. The number of primary amides is 1. The van der Waals surface area contributed by atoms with Gasteiger partial charge in [-0.15, -0.1) is 11.3 Å². The van der Waals surface area contributed by atoms with Crippen LogP contribution in [0.5, 0.6) is 0 Å². The van der Waals surface area contributed by atoms with Crippen LogP contribution in [0.3, 0.4) is 0 Å². The lowest BCUT2D eigenvalue weighted by molar-refractivity contribution is -0.116. The van der Waals surface area contributed by atoms with E-state index in [-0.39, 0.29) is 24.6 Å². The van der Waals surface area contributed by atoms with Crippen molar-refractivity contribution in [2.45, 2.75) is 6.54 Å². The number of nitrogens with two attached hydrogens (primary N) is 1. The van der Waals surface area contributed by atoms with Gasteiger partial charge in [0, 0.05) is 41.3 Å². The fourth-order valence-electron chi connectivity index (χ4n) is 4.56. The van der Waals surface area contributed by atoms with Gasteiger partial charge < -0.3 is 20.3 Å². The first-order chi connectivity index (χ1) is 19.5. The minimum Gasteiger partial charge on any atom is -0.378 e. The van der Waals surface area contributed by atoms with Gasteiger partial charge in [-0.2, -0.15) is 5.10 Å². The van der Waals surface area contributed by atoms with E-state index in [0.29, 0.717) is 32.1 Å². The number of morpholine rings is 1. The molecule has 5 aromatic rings. The van der Waals surface area contributed by atoms with Crippen LogP contribution in [-0.2, 0) is 16.1 Å². The van der Waals surface area contributed by atoms with Gasteiger partial charge in [-0.3, -0.25) is 19.9 Å². The van der Waals surface area contributed by atoms with Crippen LogP contribution in [0, 0.1) is 0 Å². The van der Waals surface area contributed by atoms with E-state index >= 15 is 0 Å². The largest absolute Gasteiger partial charge is 0.378 e. The summed E-state index contributed by atoms with van der Waals surface area (Å²) < 4.78 is 6.48. The van der Waals surface area contributed by atoms with Crippen molar-refractivity contribution in [2.75, 3.05) is 42.6 Å². The third-order valence-electron chi connectivity index (χ3n) is 6.42. The quantitative estimate of drug-likeness (QED) is 0.159. The molecule has 0 spiro atoms. The van der Waals surface area contributed by atoms with Crippen molar-refractivity contribution in [3.63, 3.8) is 0 Å². The number of aromatic nitrogens is 6. The van der Waals surface area contributed by atoms with Crippen LogP contribution in [0.1, 0.15) is 15.2 Å². The molecule has 1 saturated heterocycles. The number of nitrogens with zero attached hydrogens (tertiary/aromatic N) is 7. The third-order valence-corrected chi connectivity index (χ3v) is 7.52. The number of anilines is 2. The molecule has 4 aromatic heterocycles. The first-order valence-corrected chi connectivity index (χ1v) is 13.2. The van der Waals surface area contributed by atoms with E-state index < -0.39 is 11.8 Å². The van der Waals surface area contributed by atoms with Crippen LogP contribution in [0.15, 0.2) is 42.9 Å². The number of hydrogen-bond donors (Lipinski definition) is 4. The lowest BCUT2D eigenvalue weighted by Gasteiger charge is -2.28. The summed E-state index contributed by atoms with van der Waals surface area (Å²) in [6, 6.07) is 7.83. The molecule has 15 heteroatoms. The highest BCUT2D eigenvalue weighted by Gasteiger charge is 2.23. The number of rotatable bonds is 8. The average Bonchev–Trinajstić information content (AvgIpc) is 3.63. The van der Waals surface area contributed by atoms with Gasteiger partial charge in [0.25, 0.3) is 5.91 Å². The summed E-state index contributed by atoms with van der Waals surface area (Å²) in [7, 11) is 0. The predicted octanol–water partition coefficient (Wildman–Crippen LogP) is 1.47. The van der Waals surface area contributed by atoms with Gasteiger partial charge in [-0.1, -0.05) is 12.1 Å². The predicted molar refractivity (Wildman–Crippen MR) is 147 cm³/mol. The highest BCUT2D eigenvalue weighted by Crippen LogP contribution is 2.36. The second-order valence-electron chi connectivity index (χ2n) is 9.07. The third kappa shape index (κ3) is 5.00. The van der Waals surface area contributed by atoms with E-state index in [4.69, 9.17) is 25.6 Å². The smallest absolute Gasteiger partial charge is 0.277 e. The van der Waals surface area contributed by atoms with Gasteiger partial charge in [0.2, 0.25) is 11.9 Å². The van der Waals surface area contributed by atoms with Crippen molar-refractivity contribution in [2.24, 2.45) is 5.73 Å². The fourth-order valence-corrected chi connectivity index (χ4v) is 5.68. The van der Waals surface area contributed by atoms with Gasteiger partial charge >= 0.3 is 0 Å². The molecule has 0 atom stereocenters. The van der Waals surface area contributed by atoms with E-state index in [0.717, 1.165) is 37.4 Å². The number of amides is 2. The number of H-pyrrole nitrogens is 1. The Bertz CT molecular complexity index is 1700. The number of carbonyl (C=O) groups is 2. The van der Waals surface area contributed by atoms with Crippen LogP contribution in [0.2, 0.25) is 0 Å². The molecule has 14 nitrogen and oxygen atoms in total. The second kappa shape index (κ2) is 10.8. The highest BCUT2D eigenvalue weighted by molar-refractivity contribution is 7.19. The van der Waals surface area contributed by atoms with E-state index in [1.165, 1.54) is 29.2 Å². The number of thiophene rings is 1. The molecular formula is C25H24N10O4S. The van der Waals surface area contributed by atoms with Gasteiger partial charge in [0.05, 0.1) is 53.8 Å². The van der Waals surface area contributed by atoms with Crippen molar-refractivity contribution >= 4 is 56.0 Å². The summed E-state index contributed by atoms with van der Waals surface area (Å²) in [6.07, 6.45) is 4.29. The van der Waals surface area contributed by atoms with Crippen LogP contribution in [-0.4, -0.2) is 80.0 Å². The topological polar surface area (TPSA) is 188 Å². The number of hydroxylamine groups is 1. The number of nitrogens with one attached hydrogen (secondary N) is 2. The lowest BCUT2D eigenvalue weighted by atomic mass is 10.1. The highest BCUT2D eigenvalue weighted by atomic mass is 32.1. The van der Waals surface area contributed by atoms with E-state index in [9.17, 15) is 9.59 Å². The summed E-state index contributed by atoms with van der Waals surface area (Å²) >= 11 is 1.52. The van der Waals surface area contributed by atoms with E-state index in [2.05, 4.69) is 25.1 Å². The maximum absolute atomic E-state index is 11.9. The van der Waals surface area contributed by atoms with Crippen molar-refractivity contribution < 1.29 is 19.5 Å². The lowest BCUT2D eigenvalue weighted by Crippen LogP contribution is -2.36. The first kappa shape index (κ1) is 25.5. The molecule has 0 unspecified atom stereocenters. The monoisotopic (exact) mass is 560 g/mol. The molecule has 204 valence electrons. The average molecular weight is 561 g/mol. The van der Waals surface area contributed by atoms with Crippen LogP contribution < -0.4 is 21.0 Å². The van der Waals surface area contributed by atoms with Crippen molar-refractivity contribution in [3.8, 4) is 11.4 Å². The molecule has 0 bridgehead atoms. The Kier molecular flexibility index (Phi) is 6.90. The molecule has 40 heavy (non-hydrogen) atoms. The molecule has 0 saturated carbocycles. The number of aromatic amines is 1. The molecule has 5 heterocycles. The van der Waals surface area contributed by atoms with E-state index in [1.54, 1.807) is 11.1 Å². The Morgan fingerprint density at radius 1 is 1.18 bits per heavy atom. The molecule has 2 amide bonds. The van der Waals surface area contributed by atoms with Crippen LogP contribution >= 0.6 is 11.3 Å². The van der Waals surface area contributed by atoms with Crippen molar-refractivity contribution in [1.29, 1.82) is 0 Å². The zero-order chi connectivity index (χ0) is 27.6. The van der Waals surface area contributed by atoms with E-state index in [1.807, 2.05) is 24.3 Å². The summed E-state index contributed by atoms with van der Waals surface area (Å²) in [4.78, 5) is 46.6. The Morgan fingerprint density at radius 3 is 2.73 bits per heavy atom. The molecule has 6 rings (SSSR count). The summed E-state index contributed by atoms with van der Waals surface area (Å²) in [6.45, 7) is 2.73. The zero-order valence-corrected chi connectivity index (χ0v) is 21.9. The number of carbonyl (C=O) groups excluding carboxylic acids is 2. The van der Waals surface area contributed by atoms with Gasteiger partial charge in [-0.05, 0) is 12.1 Å². The Labute approximate surface area is 230 Å². The molecule has 0 aliphatic carbocycles. The molecule has 1 fully saturated rings. The maximum Gasteiger partial charge on any atom is 0.277 e. The maximum atomic E-state index is 11.9. The molecule has 1 aromatic carbocycles. The van der Waals surface area contributed by atoms with Gasteiger partial charge in [0.15, 0.2) is 11.6 Å². The number of fused-ring (bicyclic) bond motifs is 2. The van der Waals surface area contributed by atoms with Crippen LogP contribution in [0.25, 0.3) is 32.5 Å². The molecule has 1 aliphatic heterocycles. The summed E-state index contributed by atoms with van der Waals surface area (Å²) in [5.74, 6) is 0.301. The van der Waals surface area contributed by atoms with Gasteiger partial charge in [-0.25, -0.2) is 25.4 Å². The number of hydrogen-bond acceptors (Lipinski definition) is 12.